The third kappa shape index (κ3) is 9.44. The van der Waals surface area contributed by atoms with Gasteiger partial charge in [0.15, 0.2) is 9.84 Å². The van der Waals surface area contributed by atoms with E-state index in [0.717, 1.165) is 44.9 Å². The summed E-state index contributed by atoms with van der Waals surface area (Å²) < 4.78 is 26.3. The number of Topliss-reactive ketones (excluding diaryl/α,β-unsaturated/α-hetero) is 1. The molecule has 0 aromatic heterocycles. The number of piperidine rings is 1. The van der Waals surface area contributed by atoms with Crippen molar-refractivity contribution in [3.8, 4) is 0 Å². The second-order valence-corrected chi connectivity index (χ2v) is 22.7. The molecule has 0 spiro atoms. The first-order chi connectivity index (χ1) is 25.6. The fourth-order valence-electron chi connectivity index (χ4n) is 9.90. The number of amides is 5. The molecule has 310 valence electrons. The largest absolute Gasteiger partial charge is 0.346 e. The molecule has 0 aromatic carbocycles. The van der Waals surface area contributed by atoms with Crippen LogP contribution in [-0.4, -0.2) is 90.1 Å². The highest BCUT2D eigenvalue weighted by Crippen LogP contribution is 2.65. The first-order valence-electron chi connectivity index (χ1n) is 20.9. The smallest absolute Gasteiger partial charge is 0.315 e. The van der Waals surface area contributed by atoms with Crippen molar-refractivity contribution in [2.45, 2.75) is 161 Å². The maximum Gasteiger partial charge on any atom is 0.315 e. The predicted octanol–water partition coefficient (Wildman–Crippen LogP) is 5.06. The summed E-state index contributed by atoms with van der Waals surface area (Å²) in [4.78, 5) is 71.4. The number of urea groups is 1. The molecule has 1 saturated heterocycles. The molecular formula is C42H69N5O7S. The molecule has 12 nitrogen and oxygen atoms in total. The highest BCUT2D eigenvalue weighted by molar-refractivity contribution is 7.92. The molecule has 0 aromatic rings. The van der Waals surface area contributed by atoms with E-state index in [-0.39, 0.29) is 41.4 Å². The number of likely N-dealkylation sites (tertiary alicyclic amines) is 1. The first kappa shape index (κ1) is 43.2. The average molecular weight is 788 g/mol. The van der Waals surface area contributed by atoms with E-state index in [2.05, 4.69) is 55.5 Å². The van der Waals surface area contributed by atoms with Gasteiger partial charge < -0.3 is 26.2 Å². The first-order valence-corrected chi connectivity index (χ1v) is 22.6. The summed E-state index contributed by atoms with van der Waals surface area (Å²) in [6, 6.07) is -3.40. The summed E-state index contributed by atoms with van der Waals surface area (Å²) in [5.41, 5.74) is -1.78. The van der Waals surface area contributed by atoms with Gasteiger partial charge in [-0.15, -0.1) is 6.58 Å². The van der Waals surface area contributed by atoms with Crippen LogP contribution in [0.5, 0.6) is 0 Å². The molecule has 55 heavy (non-hydrogen) atoms. The van der Waals surface area contributed by atoms with E-state index in [4.69, 9.17) is 0 Å². The lowest BCUT2D eigenvalue weighted by atomic mass is 9.70. The lowest BCUT2D eigenvalue weighted by Gasteiger charge is -2.45. The van der Waals surface area contributed by atoms with Crippen molar-refractivity contribution in [3.05, 3.63) is 12.7 Å². The fraction of sp³-hybridized carbons (Fsp3) is 0.833. The average Bonchev–Trinajstić information content (AvgIpc) is 3.95. The minimum absolute atomic E-state index is 0.0660. The molecule has 5 fully saturated rings. The molecular weight excluding hydrogens is 719 g/mol. The Morgan fingerprint density at radius 1 is 0.909 bits per heavy atom. The Kier molecular flexibility index (Phi) is 12.7. The lowest BCUT2D eigenvalue weighted by Crippen LogP contribution is -2.65. The second-order valence-electron chi connectivity index (χ2n) is 20.0. The van der Waals surface area contributed by atoms with Gasteiger partial charge in [-0.2, -0.15) is 0 Å². The Bertz CT molecular complexity index is 1600. The number of sulfone groups is 1. The summed E-state index contributed by atoms with van der Waals surface area (Å²) in [7, 11) is -3.60. The van der Waals surface area contributed by atoms with Crippen molar-refractivity contribution in [2.24, 2.45) is 40.4 Å². The maximum absolute atomic E-state index is 15.0. The maximum atomic E-state index is 15.0. The third-order valence-electron chi connectivity index (χ3n) is 14.2. The Hall–Kier alpha value is -2.96. The van der Waals surface area contributed by atoms with Gasteiger partial charge in [0.25, 0.3) is 5.91 Å². The van der Waals surface area contributed by atoms with Gasteiger partial charge in [0.2, 0.25) is 17.6 Å². The molecule has 3 unspecified atom stereocenters. The second kappa shape index (κ2) is 16.1. The number of nitrogens with zero attached hydrogens (tertiary/aromatic N) is 1. The standard InChI is InChI=1S/C42H69N5O7S/c1-10-22-43-36(50)33(48)30(23-27-14-15-27)44-35(49)32-31-29(40(31,7)8)24-47(32)37(51)34(41(9)18-12-11-13-19-41)45-38(52)46-42(25-55(53,54)39(4,5)6)20-16-28(17-21-42)26(2)3/h10,26-32,34H,1,11-25H2,2-9H3,(H,43,50)(H,44,49)(H2,45,46,52)/t28-,29?,30?,31?,32-,34+,42+/m0/s1. The van der Waals surface area contributed by atoms with Crippen LogP contribution in [0.15, 0.2) is 12.7 Å². The number of nitrogens with one attached hydrogen (secondary N) is 4. The number of rotatable bonds is 15. The van der Waals surface area contributed by atoms with Gasteiger partial charge in [-0.05, 0) is 106 Å². The van der Waals surface area contributed by atoms with Gasteiger partial charge in [-0.3, -0.25) is 19.2 Å². The van der Waals surface area contributed by atoms with Crippen LogP contribution in [0.25, 0.3) is 0 Å². The van der Waals surface area contributed by atoms with Gasteiger partial charge in [0.05, 0.1) is 22.1 Å². The molecule has 5 rings (SSSR count). The summed E-state index contributed by atoms with van der Waals surface area (Å²) >= 11 is 0. The van der Waals surface area contributed by atoms with Crippen molar-refractivity contribution >= 4 is 39.4 Å². The van der Waals surface area contributed by atoms with Gasteiger partial charge in [-0.25, -0.2) is 13.2 Å². The van der Waals surface area contributed by atoms with Crippen LogP contribution in [0.2, 0.25) is 0 Å². The van der Waals surface area contributed by atoms with Crippen molar-refractivity contribution in [3.63, 3.8) is 0 Å². The van der Waals surface area contributed by atoms with Crippen LogP contribution in [0.1, 0.15) is 132 Å². The van der Waals surface area contributed by atoms with Crippen LogP contribution < -0.4 is 21.3 Å². The Balaban J connectivity index is 1.41. The number of hydrogen-bond acceptors (Lipinski definition) is 7. The van der Waals surface area contributed by atoms with Crippen molar-refractivity contribution < 1.29 is 32.4 Å². The van der Waals surface area contributed by atoms with Crippen molar-refractivity contribution in [1.82, 2.24) is 26.2 Å². The zero-order valence-electron chi connectivity index (χ0n) is 34.7. The van der Waals surface area contributed by atoms with Crippen LogP contribution in [0.3, 0.4) is 0 Å². The number of hydrogen-bond donors (Lipinski definition) is 4. The summed E-state index contributed by atoms with van der Waals surface area (Å²) in [6.07, 6.45) is 10.6. The SMILES string of the molecule is C=CCNC(=O)C(=O)C(CC1CC1)NC(=O)[C@@H]1C2C(CN1C(=O)[C@@H](NC(=O)N[C@]1(CS(=O)(=O)C(C)(C)C)CC[C@H](C(C)C)CC1)C1(C)CCCCC1)C2(C)C. The zero-order valence-corrected chi connectivity index (χ0v) is 35.5. The number of carbonyl (C=O) groups is 5. The molecule has 5 atom stereocenters. The highest BCUT2D eigenvalue weighted by atomic mass is 32.2. The molecule has 1 heterocycles. The molecule has 13 heteroatoms. The van der Waals surface area contributed by atoms with E-state index < -0.39 is 67.3 Å². The normalized spacial score (nSPS) is 29.7. The Labute approximate surface area is 329 Å². The minimum Gasteiger partial charge on any atom is -0.346 e. The monoisotopic (exact) mass is 787 g/mol. The fourth-order valence-corrected chi connectivity index (χ4v) is 11.4. The molecule has 4 saturated carbocycles. The van der Waals surface area contributed by atoms with E-state index in [9.17, 15) is 27.6 Å². The molecule has 4 aliphatic carbocycles. The van der Waals surface area contributed by atoms with E-state index in [0.29, 0.717) is 50.5 Å². The van der Waals surface area contributed by atoms with Crippen molar-refractivity contribution in [1.29, 1.82) is 0 Å². The zero-order chi connectivity index (χ0) is 40.7. The number of ketones is 1. The van der Waals surface area contributed by atoms with Crippen LogP contribution in [0, 0.1) is 40.4 Å². The molecule has 0 bridgehead atoms. The molecule has 0 radical (unpaired) electrons. The Morgan fingerprint density at radius 2 is 1.53 bits per heavy atom. The lowest BCUT2D eigenvalue weighted by molar-refractivity contribution is -0.146. The van der Waals surface area contributed by atoms with E-state index in [1.54, 1.807) is 25.7 Å². The number of carbonyl (C=O) groups excluding carboxylic acids is 5. The quantitative estimate of drug-likeness (QED) is 0.133. The summed E-state index contributed by atoms with van der Waals surface area (Å²) in [5.74, 6) is -1.41. The minimum atomic E-state index is -3.60. The molecule has 4 N–H and O–H groups in total. The Morgan fingerprint density at radius 3 is 2.07 bits per heavy atom. The van der Waals surface area contributed by atoms with Crippen LogP contribution in [-0.2, 0) is 29.0 Å². The number of fused-ring (bicyclic) bond motifs is 1. The van der Waals surface area contributed by atoms with Crippen LogP contribution in [0.4, 0.5) is 4.79 Å². The van der Waals surface area contributed by atoms with E-state index in [1.807, 2.05) is 6.92 Å². The summed E-state index contributed by atoms with van der Waals surface area (Å²) in [5, 5.41) is 11.7. The highest BCUT2D eigenvalue weighted by Gasteiger charge is 2.70. The molecule has 5 aliphatic rings. The summed E-state index contributed by atoms with van der Waals surface area (Å²) in [6.45, 7) is 19.7. The molecule has 1 aliphatic heterocycles. The third-order valence-corrected chi connectivity index (χ3v) is 17.0. The van der Waals surface area contributed by atoms with Gasteiger partial charge in [-0.1, -0.05) is 72.8 Å². The topological polar surface area (TPSA) is 171 Å². The van der Waals surface area contributed by atoms with Gasteiger partial charge >= 0.3 is 6.03 Å². The van der Waals surface area contributed by atoms with Gasteiger partial charge in [0.1, 0.15) is 12.1 Å². The van der Waals surface area contributed by atoms with Gasteiger partial charge in [0, 0.05) is 13.1 Å². The predicted molar refractivity (Wildman–Crippen MR) is 213 cm³/mol. The van der Waals surface area contributed by atoms with Crippen LogP contribution >= 0.6 is 0 Å². The van der Waals surface area contributed by atoms with E-state index in [1.165, 1.54) is 6.08 Å². The molecule has 5 amide bonds. The van der Waals surface area contributed by atoms with Crippen molar-refractivity contribution in [2.75, 3.05) is 18.8 Å². The van der Waals surface area contributed by atoms with E-state index >= 15 is 4.79 Å².